The van der Waals surface area contributed by atoms with Gasteiger partial charge in [0.2, 0.25) is 0 Å². The van der Waals surface area contributed by atoms with Crippen molar-refractivity contribution in [2.45, 2.75) is 12.8 Å². The van der Waals surface area contributed by atoms with Gasteiger partial charge in [0.1, 0.15) is 5.75 Å². The monoisotopic (exact) mass is 240 g/mol. The van der Waals surface area contributed by atoms with E-state index < -0.39 is 0 Å². The van der Waals surface area contributed by atoms with Gasteiger partial charge in [0.05, 0.1) is 6.61 Å². The molecule has 1 aromatic rings. The normalized spacial score (nSPS) is 12.1. The summed E-state index contributed by atoms with van der Waals surface area (Å²) in [6.45, 7) is 4.32. The van der Waals surface area contributed by atoms with Crippen LogP contribution in [-0.4, -0.2) is 18.3 Å². The van der Waals surface area contributed by atoms with Gasteiger partial charge < -0.3 is 9.84 Å². The fraction of sp³-hybridized carbons (Fsp3) is 0.385. The van der Waals surface area contributed by atoms with E-state index in [1.165, 1.54) is 0 Å². The van der Waals surface area contributed by atoms with E-state index in [0.29, 0.717) is 11.6 Å². The fourth-order valence-electron chi connectivity index (χ4n) is 1.33. The molecule has 1 N–H and O–H groups in total. The summed E-state index contributed by atoms with van der Waals surface area (Å²) < 4.78 is 5.56. The van der Waals surface area contributed by atoms with Gasteiger partial charge in [-0.25, -0.2) is 0 Å². The highest BCUT2D eigenvalue weighted by molar-refractivity contribution is 6.30. The molecule has 1 aromatic carbocycles. The van der Waals surface area contributed by atoms with Crippen LogP contribution in [0.2, 0.25) is 5.02 Å². The van der Waals surface area contributed by atoms with Crippen molar-refractivity contribution in [1.29, 1.82) is 0 Å². The molecule has 1 atom stereocenters. The van der Waals surface area contributed by atoms with Crippen molar-refractivity contribution >= 4 is 11.6 Å². The second-order valence-electron chi connectivity index (χ2n) is 3.68. The lowest BCUT2D eigenvalue weighted by Crippen LogP contribution is -2.15. The minimum Gasteiger partial charge on any atom is -0.493 e. The SMILES string of the molecule is C=CCCC(CO)COc1ccc(Cl)cc1. The summed E-state index contributed by atoms with van der Waals surface area (Å²) in [6.07, 6.45) is 3.65. The maximum Gasteiger partial charge on any atom is 0.119 e. The molecule has 0 saturated carbocycles. The second-order valence-corrected chi connectivity index (χ2v) is 4.12. The molecular weight excluding hydrogens is 224 g/mol. The van der Waals surface area contributed by atoms with Gasteiger partial charge in [-0.05, 0) is 37.1 Å². The van der Waals surface area contributed by atoms with Crippen LogP contribution in [0.5, 0.6) is 5.75 Å². The third-order valence-corrected chi connectivity index (χ3v) is 2.59. The van der Waals surface area contributed by atoms with E-state index in [1.54, 1.807) is 12.1 Å². The Balaban J connectivity index is 2.36. The summed E-state index contributed by atoms with van der Waals surface area (Å²) in [6, 6.07) is 7.22. The van der Waals surface area contributed by atoms with Crippen LogP contribution in [0, 0.1) is 5.92 Å². The third-order valence-electron chi connectivity index (χ3n) is 2.34. The molecule has 0 bridgehead atoms. The Morgan fingerprint density at radius 3 is 2.62 bits per heavy atom. The Kier molecular flexibility index (Phi) is 5.98. The number of aliphatic hydroxyl groups excluding tert-OH is 1. The van der Waals surface area contributed by atoms with E-state index in [4.69, 9.17) is 21.4 Å². The first-order chi connectivity index (χ1) is 7.76. The van der Waals surface area contributed by atoms with Gasteiger partial charge in [0, 0.05) is 17.5 Å². The van der Waals surface area contributed by atoms with Gasteiger partial charge in [-0.15, -0.1) is 6.58 Å². The van der Waals surface area contributed by atoms with Gasteiger partial charge in [-0.1, -0.05) is 17.7 Å². The minimum absolute atomic E-state index is 0.140. The quantitative estimate of drug-likeness (QED) is 0.741. The number of rotatable bonds is 7. The van der Waals surface area contributed by atoms with Gasteiger partial charge in [-0.3, -0.25) is 0 Å². The summed E-state index contributed by atoms with van der Waals surface area (Å²) in [5.74, 6) is 0.940. The molecule has 0 saturated heterocycles. The van der Waals surface area contributed by atoms with Crippen molar-refractivity contribution in [3.8, 4) is 5.75 Å². The lowest BCUT2D eigenvalue weighted by Gasteiger charge is -2.14. The first kappa shape index (κ1) is 13.1. The molecule has 0 heterocycles. The van der Waals surface area contributed by atoms with Crippen LogP contribution in [0.3, 0.4) is 0 Å². The number of aliphatic hydroxyl groups is 1. The molecule has 0 amide bonds. The van der Waals surface area contributed by atoms with E-state index >= 15 is 0 Å². The van der Waals surface area contributed by atoms with E-state index in [0.717, 1.165) is 18.6 Å². The third kappa shape index (κ3) is 4.69. The first-order valence-corrected chi connectivity index (χ1v) is 5.74. The first-order valence-electron chi connectivity index (χ1n) is 5.36. The fourth-order valence-corrected chi connectivity index (χ4v) is 1.45. The summed E-state index contributed by atoms with van der Waals surface area (Å²) in [5.41, 5.74) is 0. The topological polar surface area (TPSA) is 29.5 Å². The highest BCUT2D eigenvalue weighted by Crippen LogP contribution is 2.17. The van der Waals surface area contributed by atoms with Crippen LogP contribution in [0.15, 0.2) is 36.9 Å². The molecule has 1 rings (SSSR count). The minimum atomic E-state index is 0.140. The van der Waals surface area contributed by atoms with Crippen molar-refractivity contribution in [2.75, 3.05) is 13.2 Å². The van der Waals surface area contributed by atoms with E-state index in [-0.39, 0.29) is 12.5 Å². The lowest BCUT2D eigenvalue weighted by atomic mass is 10.1. The molecule has 0 aliphatic heterocycles. The average Bonchev–Trinajstić information content (AvgIpc) is 2.32. The average molecular weight is 241 g/mol. The largest absolute Gasteiger partial charge is 0.493 e. The van der Waals surface area contributed by atoms with Crippen LogP contribution in [0.1, 0.15) is 12.8 Å². The van der Waals surface area contributed by atoms with E-state index in [1.807, 2.05) is 18.2 Å². The van der Waals surface area contributed by atoms with Crippen LogP contribution in [-0.2, 0) is 0 Å². The number of halogens is 1. The van der Waals surface area contributed by atoms with Crippen LogP contribution >= 0.6 is 11.6 Å². The zero-order valence-electron chi connectivity index (χ0n) is 9.23. The Bertz CT molecular complexity index is 308. The number of ether oxygens (including phenoxy) is 1. The van der Waals surface area contributed by atoms with Crippen molar-refractivity contribution < 1.29 is 9.84 Å². The number of allylic oxidation sites excluding steroid dienone is 1. The van der Waals surface area contributed by atoms with E-state index in [2.05, 4.69) is 6.58 Å². The maximum atomic E-state index is 9.14. The molecular formula is C13H17ClO2. The zero-order valence-corrected chi connectivity index (χ0v) is 9.99. The Labute approximate surface area is 102 Å². The van der Waals surface area contributed by atoms with Gasteiger partial charge >= 0.3 is 0 Å². The number of hydrogen-bond donors (Lipinski definition) is 1. The molecule has 0 fully saturated rings. The lowest BCUT2D eigenvalue weighted by molar-refractivity contribution is 0.157. The molecule has 0 spiro atoms. The second kappa shape index (κ2) is 7.31. The summed E-state index contributed by atoms with van der Waals surface area (Å²) in [4.78, 5) is 0. The number of hydrogen-bond acceptors (Lipinski definition) is 2. The molecule has 0 aliphatic rings. The van der Waals surface area contributed by atoms with Gasteiger partial charge in [0.25, 0.3) is 0 Å². The van der Waals surface area contributed by atoms with Gasteiger partial charge in [0.15, 0.2) is 0 Å². The molecule has 0 aromatic heterocycles. The van der Waals surface area contributed by atoms with E-state index in [9.17, 15) is 0 Å². The molecule has 0 radical (unpaired) electrons. The Morgan fingerprint density at radius 1 is 1.38 bits per heavy atom. The van der Waals surface area contributed by atoms with Crippen molar-refractivity contribution in [2.24, 2.45) is 5.92 Å². The smallest absolute Gasteiger partial charge is 0.119 e. The molecule has 0 aliphatic carbocycles. The number of benzene rings is 1. The Morgan fingerprint density at radius 2 is 2.06 bits per heavy atom. The zero-order chi connectivity index (χ0) is 11.8. The summed E-state index contributed by atoms with van der Waals surface area (Å²) >= 11 is 5.76. The predicted molar refractivity (Wildman–Crippen MR) is 67.0 cm³/mol. The predicted octanol–water partition coefficient (Wildman–Crippen LogP) is 3.29. The van der Waals surface area contributed by atoms with Crippen LogP contribution in [0.4, 0.5) is 0 Å². The highest BCUT2D eigenvalue weighted by Gasteiger charge is 2.07. The molecule has 2 nitrogen and oxygen atoms in total. The molecule has 88 valence electrons. The van der Waals surface area contributed by atoms with Crippen LogP contribution < -0.4 is 4.74 Å². The molecule has 1 unspecified atom stereocenters. The highest BCUT2D eigenvalue weighted by atomic mass is 35.5. The van der Waals surface area contributed by atoms with Crippen molar-refractivity contribution in [3.05, 3.63) is 41.9 Å². The molecule has 16 heavy (non-hydrogen) atoms. The van der Waals surface area contributed by atoms with Crippen molar-refractivity contribution in [1.82, 2.24) is 0 Å². The standard InChI is InChI=1S/C13H17ClO2/c1-2-3-4-11(9-15)10-16-13-7-5-12(14)6-8-13/h2,5-8,11,15H,1,3-4,9-10H2. The van der Waals surface area contributed by atoms with Gasteiger partial charge in [-0.2, -0.15) is 0 Å². The maximum absolute atomic E-state index is 9.14. The Hall–Kier alpha value is -0.990. The summed E-state index contributed by atoms with van der Waals surface area (Å²) in [7, 11) is 0. The van der Waals surface area contributed by atoms with Crippen LogP contribution in [0.25, 0.3) is 0 Å². The summed E-state index contributed by atoms with van der Waals surface area (Å²) in [5, 5.41) is 9.83. The van der Waals surface area contributed by atoms with Crippen molar-refractivity contribution in [3.63, 3.8) is 0 Å². The molecule has 3 heteroatoms.